The van der Waals surface area contributed by atoms with E-state index in [1.165, 1.54) is 16.8 Å². The van der Waals surface area contributed by atoms with Crippen molar-refractivity contribution in [3.63, 3.8) is 0 Å². The van der Waals surface area contributed by atoms with Crippen molar-refractivity contribution in [3.8, 4) is 0 Å². The van der Waals surface area contributed by atoms with E-state index in [0.29, 0.717) is 13.2 Å². The van der Waals surface area contributed by atoms with Gasteiger partial charge in [-0.3, -0.25) is 9.69 Å². The Hall–Kier alpha value is -3.06. The molecule has 2 saturated heterocycles. The van der Waals surface area contributed by atoms with Crippen LogP contribution in [0.5, 0.6) is 0 Å². The highest BCUT2D eigenvalue weighted by Gasteiger charge is 2.35. The molecule has 0 radical (unpaired) electrons. The monoisotopic (exact) mass is 488 g/mol. The fraction of sp³-hybridized carbons (Fsp3) is 0.321. The molecule has 6 rings (SSSR count). The first-order valence-electron chi connectivity index (χ1n) is 12.2. The molecule has 4 aliphatic heterocycles. The van der Waals surface area contributed by atoms with Gasteiger partial charge >= 0.3 is 0 Å². The molecule has 0 aromatic heterocycles. The van der Waals surface area contributed by atoms with Crippen LogP contribution in [0.25, 0.3) is 11.3 Å². The highest BCUT2D eigenvalue weighted by atomic mass is 35.5. The topological polar surface area (TPSA) is 48.1 Å². The summed E-state index contributed by atoms with van der Waals surface area (Å²) in [6.45, 7) is 5.20. The predicted octanol–water partition coefficient (Wildman–Crippen LogP) is 3.64. The van der Waals surface area contributed by atoms with Gasteiger partial charge in [0, 0.05) is 43.9 Å². The first-order chi connectivity index (χ1) is 17.2. The Kier molecular flexibility index (Phi) is 6.10. The molecule has 0 aliphatic carbocycles. The molecule has 7 heteroatoms. The molecule has 2 fully saturated rings. The Bertz CT molecular complexity index is 1180. The summed E-state index contributed by atoms with van der Waals surface area (Å²) in [6.07, 6.45) is 6.74. The number of allylic oxidation sites excluding steroid dienone is 2. The van der Waals surface area contributed by atoms with Crippen molar-refractivity contribution in [2.75, 3.05) is 45.9 Å². The molecule has 2 aromatic carbocycles. The van der Waals surface area contributed by atoms with Crippen molar-refractivity contribution in [2.24, 2.45) is 5.92 Å². The summed E-state index contributed by atoms with van der Waals surface area (Å²) in [6, 6.07) is 18.5. The highest BCUT2D eigenvalue weighted by Crippen LogP contribution is 2.34. The van der Waals surface area contributed by atoms with E-state index in [-0.39, 0.29) is 18.0 Å². The number of carbonyl (C=O) groups excluding carboxylic acids is 1. The van der Waals surface area contributed by atoms with Crippen LogP contribution in [0.1, 0.15) is 11.1 Å². The van der Waals surface area contributed by atoms with Crippen LogP contribution >= 0.6 is 11.6 Å². The van der Waals surface area contributed by atoms with Crippen molar-refractivity contribution in [1.29, 1.82) is 0 Å². The van der Waals surface area contributed by atoms with Gasteiger partial charge in [0.15, 0.2) is 0 Å². The number of halogens is 1. The number of hydrogen-bond donors (Lipinski definition) is 1. The molecule has 0 saturated carbocycles. The van der Waals surface area contributed by atoms with Gasteiger partial charge in [0.1, 0.15) is 6.17 Å². The predicted molar refractivity (Wildman–Crippen MR) is 138 cm³/mol. The smallest absolute Gasteiger partial charge is 0.230 e. The zero-order valence-corrected chi connectivity index (χ0v) is 20.3. The van der Waals surface area contributed by atoms with Crippen molar-refractivity contribution in [3.05, 3.63) is 94.8 Å². The summed E-state index contributed by atoms with van der Waals surface area (Å²) in [5.74, 6) is 0.304. The van der Waals surface area contributed by atoms with Crippen LogP contribution in [-0.4, -0.2) is 72.7 Å². The molecule has 0 bridgehead atoms. The van der Waals surface area contributed by atoms with Crippen LogP contribution in [0, 0.1) is 5.92 Å². The van der Waals surface area contributed by atoms with Gasteiger partial charge in [-0.05, 0) is 34.9 Å². The molecule has 1 amide bonds. The third-order valence-corrected chi connectivity index (χ3v) is 7.47. The summed E-state index contributed by atoms with van der Waals surface area (Å²) in [7, 11) is 0. The lowest BCUT2D eigenvalue weighted by Gasteiger charge is -2.39. The van der Waals surface area contributed by atoms with Gasteiger partial charge < -0.3 is 19.9 Å². The Labute approximate surface area is 211 Å². The van der Waals surface area contributed by atoms with E-state index in [1.54, 1.807) is 0 Å². The van der Waals surface area contributed by atoms with Crippen LogP contribution in [-0.2, 0) is 9.53 Å². The summed E-state index contributed by atoms with van der Waals surface area (Å²) >= 11 is 6.18. The lowest BCUT2D eigenvalue weighted by atomic mass is 10.0. The maximum Gasteiger partial charge on any atom is 0.230 e. The highest BCUT2D eigenvalue weighted by molar-refractivity contribution is 6.30. The van der Waals surface area contributed by atoms with E-state index in [1.807, 2.05) is 23.1 Å². The van der Waals surface area contributed by atoms with Crippen LogP contribution < -0.4 is 5.32 Å². The molecular weight excluding hydrogens is 460 g/mol. The molecule has 4 heterocycles. The minimum atomic E-state index is 0.0576. The number of amides is 1. The average Bonchev–Trinajstić information content (AvgIpc) is 3.22. The second-order valence-corrected chi connectivity index (χ2v) is 9.91. The molecule has 35 heavy (non-hydrogen) atoms. The molecule has 2 aromatic rings. The number of nitrogens with one attached hydrogen (secondary N) is 1. The van der Waals surface area contributed by atoms with Gasteiger partial charge in [-0.2, -0.15) is 0 Å². The largest absolute Gasteiger partial charge is 0.380 e. The van der Waals surface area contributed by atoms with E-state index in [9.17, 15) is 4.79 Å². The maximum absolute atomic E-state index is 12.6. The first kappa shape index (κ1) is 22.4. The molecule has 1 unspecified atom stereocenters. The van der Waals surface area contributed by atoms with Gasteiger partial charge in [0.25, 0.3) is 0 Å². The van der Waals surface area contributed by atoms with E-state index in [2.05, 4.69) is 69.9 Å². The molecule has 180 valence electrons. The van der Waals surface area contributed by atoms with Crippen LogP contribution in [0.3, 0.4) is 0 Å². The summed E-state index contributed by atoms with van der Waals surface area (Å²) in [5, 5.41) is 4.46. The number of carbonyl (C=O) groups is 1. The standard InChI is InChI=1S/C28H29ClN4O2/c29-24-9-6-21(7-10-24)27-25(17-31-12-14-32(15-13-31)28(34)23-18-35-19-23)33-16-22(8-11-26(33)30-27)20-4-2-1-3-5-20/h1-11,16,23,26,30H,12-15,17-19H2. The first-order valence-corrected chi connectivity index (χ1v) is 12.6. The Morgan fingerprint density at radius 3 is 2.40 bits per heavy atom. The quantitative estimate of drug-likeness (QED) is 0.696. The Balaban J connectivity index is 1.25. The lowest BCUT2D eigenvalue weighted by Crippen LogP contribution is -2.53. The fourth-order valence-electron chi connectivity index (χ4n) is 5.09. The molecular formula is C28H29ClN4O2. The van der Waals surface area contributed by atoms with E-state index < -0.39 is 0 Å². The van der Waals surface area contributed by atoms with Crippen molar-refractivity contribution < 1.29 is 9.53 Å². The summed E-state index contributed by atoms with van der Waals surface area (Å²) in [5.41, 5.74) is 5.89. The number of rotatable bonds is 5. The Morgan fingerprint density at radius 2 is 1.71 bits per heavy atom. The number of fused-ring (bicyclic) bond motifs is 1. The Morgan fingerprint density at radius 1 is 0.971 bits per heavy atom. The van der Waals surface area contributed by atoms with Crippen LogP contribution in [0.2, 0.25) is 5.02 Å². The molecule has 6 nitrogen and oxygen atoms in total. The third-order valence-electron chi connectivity index (χ3n) is 7.21. The normalized spacial score (nSPS) is 22.5. The summed E-state index contributed by atoms with van der Waals surface area (Å²) in [4.78, 5) is 19.4. The molecule has 4 aliphatic rings. The van der Waals surface area contributed by atoms with E-state index in [0.717, 1.165) is 49.0 Å². The molecule has 1 N–H and O–H groups in total. The summed E-state index contributed by atoms with van der Waals surface area (Å²) < 4.78 is 5.21. The fourth-order valence-corrected chi connectivity index (χ4v) is 5.21. The van der Waals surface area contributed by atoms with Crippen molar-refractivity contribution in [1.82, 2.24) is 20.0 Å². The maximum atomic E-state index is 12.6. The molecule has 1 atom stereocenters. The van der Waals surface area contributed by atoms with Crippen molar-refractivity contribution >= 4 is 28.8 Å². The van der Waals surface area contributed by atoms with Gasteiger partial charge in [0.05, 0.1) is 30.5 Å². The van der Waals surface area contributed by atoms with E-state index in [4.69, 9.17) is 16.3 Å². The number of benzene rings is 2. The number of hydrogen-bond acceptors (Lipinski definition) is 5. The average molecular weight is 489 g/mol. The number of ether oxygens (including phenoxy) is 1. The SMILES string of the molecule is O=C(C1COC1)N1CCN(CC2=C(c3ccc(Cl)cc3)NC3C=CC(c4ccccc4)=CN23)CC1. The minimum Gasteiger partial charge on any atom is -0.380 e. The zero-order valence-electron chi connectivity index (χ0n) is 19.6. The van der Waals surface area contributed by atoms with Gasteiger partial charge in [0.2, 0.25) is 5.91 Å². The van der Waals surface area contributed by atoms with Gasteiger partial charge in [-0.25, -0.2) is 0 Å². The van der Waals surface area contributed by atoms with Crippen LogP contribution in [0.15, 0.2) is 78.6 Å². The van der Waals surface area contributed by atoms with Gasteiger partial charge in [-0.15, -0.1) is 0 Å². The van der Waals surface area contributed by atoms with E-state index >= 15 is 0 Å². The van der Waals surface area contributed by atoms with Crippen LogP contribution in [0.4, 0.5) is 0 Å². The van der Waals surface area contributed by atoms with Gasteiger partial charge in [-0.1, -0.05) is 60.1 Å². The minimum absolute atomic E-state index is 0.0576. The molecule has 0 spiro atoms. The number of nitrogens with zero attached hydrogens (tertiary/aromatic N) is 3. The second-order valence-electron chi connectivity index (χ2n) is 9.47. The lowest BCUT2D eigenvalue weighted by molar-refractivity contribution is -0.151. The second kappa shape index (κ2) is 9.53. The third kappa shape index (κ3) is 4.49. The number of piperazine rings is 1. The zero-order chi connectivity index (χ0) is 23.8. The van der Waals surface area contributed by atoms with Crippen molar-refractivity contribution in [2.45, 2.75) is 6.17 Å².